The van der Waals surface area contributed by atoms with E-state index in [1.165, 1.54) is 19.3 Å². The van der Waals surface area contributed by atoms with Crippen molar-refractivity contribution in [1.29, 1.82) is 0 Å². The van der Waals surface area contributed by atoms with E-state index in [2.05, 4.69) is 15.2 Å². The minimum atomic E-state index is -0.0517. The van der Waals surface area contributed by atoms with Gasteiger partial charge in [0.2, 0.25) is 0 Å². The van der Waals surface area contributed by atoms with E-state index in [1.54, 1.807) is 18.5 Å². The first kappa shape index (κ1) is 15.0. The number of carbonyl (C=O) groups excluding carboxylic acids is 1. The van der Waals surface area contributed by atoms with Gasteiger partial charge < -0.3 is 4.90 Å². The molecule has 1 N–H and O–H groups in total. The van der Waals surface area contributed by atoms with Crippen molar-refractivity contribution in [3.05, 3.63) is 46.5 Å². The monoisotopic (exact) mass is 318 g/mol. The number of aromatic nitrogens is 3. The number of nitrogens with one attached hydrogen (secondary N) is 1. The van der Waals surface area contributed by atoms with Gasteiger partial charge in [-0.1, -0.05) is 18.0 Å². The molecule has 1 amide bonds. The first-order chi connectivity index (χ1) is 10.6. The van der Waals surface area contributed by atoms with Crippen LogP contribution in [-0.2, 0) is 6.54 Å². The number of halogens is 1. The maximum absolute atomic E-state index is 12.7. The van der Waals surface area contributed by atoms with Gasteiger partial charge in [0.15, 0.2) is 0 Å². The summed E-state index contributed by atoms with van der Waals surface area (Å²) in [5.41, 5.74) is 2.26. The van der Waals surface area contributed by atoms with Crippen LogP contribution >= 0.6 is 11.6 Å². The highest BCUT2D eigenvalue weighted by Gasteiger charge is 2.26. The van der Waals surface area contributed by atoms with Crippen LogP contribution in [0.15, 0.2) is 24.5 Å². The summed E-state index contributed by atoms with van der Waals surface area (Å²) in [6.45, 7) is 3.13. The van der Waals surface area contributed by atoms with Crippen LogP contribution in [0.3, 0.4) is 0 Å². The topological polar surface area (TPSA) is 61.9 Å². The van der Waals surface area contributed by atoms with E-state index in [0.29, 0.717) is 23.2 Å². The Balaban J connectivity index is 1.80. The van der Waals surface area contributed by atoms with Crippen LogP contribution in [0, 0.1) is 12.8 Å². The predicted molar refractivity (Wildman–Crippen MR) is 84.7 cm³/mol. The van der Waals surface area contributed by atoms with Gasteiger partial charge in [0.1, 0.15) is 5.69 Å². The number of aromatic amines is 1. The lowest BCUT2D eigenvalue weighted by Crippen LogP contribution is -2.37. The summed E-state index contributed by atoms with van der Waals surface area (Å²) in [7, 11) is 0. The molecule has 0 aromatic carbocycles. The highest BCUT2D eigenvalue weighted by atomic mass is 35.5. The number of hydrogen-bond donors (Lipinski definition) is 1. The van der Waals surface area contributed by atoms with Crippen molar-refractivity contribution in [3.63, 3.8) is 0 Å². The summed E-state index contributed by atoms with van der Waals surface area (Å²) in [6.07, 6.45) is 6.94. The van der Waals surface area contributed by atoms with Gasteiger partial charge in [-0.3, -0.25) is 14.9 Å². The molecule has 0 bridgehead atoms. The minimum Gasteiger partial charge on any atom is -0.333 e. The van der Waals surface area contributed by atoms with Crippen LogP contribution in [0.25, 0.3) is 0 Å². The summed E-state index contributed by atoms with van der Waals surface area (Å²) in [6, 6.07) is 3.64. The van der Waals surface area contributed by atoms with E-state index < -0.39 is 0 Å². The van der Waals surface area contributed by atoms with E-state index in [-0.39, 0.29) is 5.91 Å². The molecule has 6 heteroatoms. The Kier molecular flexibility index (Phi) is 4.43. The maximum Gasteiger partial charge on any atom is 0.274 e. The van der Waals surface area contributed by atoms with Gasteiger partial charge in [-0.2, -0.15) is 5.10 Å². The lowest BCUT2D eigenvalue weighted by Gasteiger charge is -2.32. The number of carbonyl (C=O) groups is 1. The van der Waals surface area contributed by atoms with E-state index in [0.717, 1.165) is 17.8 Å². The van der Waals surface area contributed by atoms with Gasteiger partial charge in [-0.15, -0.1) is 0 Å². The van der Waals surface area contributed by atoms with Crippen LogP contribution in [0.2, 0.25) is 5.02 Å². The second-order valence-electron chi connectivity index (χ2n) is 5.89. The molecule has 0 radical (unpaired) electrons. The summed E-state index contributed by atoms with van der Waals surface area (Å²) < 4.78 is 0. The smallest absolute Gasteiger partial charge is 0.274 e. The fourth-order valence-corrected chi connectivity index (χ4v) is 2.81. The number of aryl methyl sites for hydroxylation is 1. The third-order valence-corrected chi connectivity index (χ3v) is 4.47. The quantitative estimate of drug-likeness (QED) is 0.920. The summed E-state index contributed by atoms with van der Waals surface area (Å²) in [5.74, 6) is 0.536. The van der Waals surface area contributed by atoms with E-state index in [4.69, 9.17) is 11.6 Å². The first-order valence-electron chi connectivity index (χ1n) is 7.53. The number of hydrogen-bond acceptors (Lipinski definition) is 3. The molecule has 1 aliphatic carbocycles. The van der Waals surface area contributed by atoms with Gasteiger partial charge in [0, 0.05) is 31.2 Å². The fraction of sp³-hybridized carbons (Fsp3) is 0.438. The Morgan fingerprint density at radius 3 is 2.91 bits per heavy atom. The predicted octanol–water partition coefficient (Wildman–Crippen LogP) is 3.21. The van der Waals surface area contributed by atoms with E-state index in [1.807, 2.05) is 17.9 Å². The molecule has 0 spiro atoms. The van der Waals surface area contributed by atoms with Crippen LogP contribution in [0.4, 0.5) is 0 Å². The molecule has 0 unspecified atom stereocenters. The van der Waals surface area contributed by atoms with Crippen molar-refractivity contribution in [2.75, 3.05) is 6.54 Å². The molecule has 1 aliphatic rings. The highest BCUT2D eigenvalue weighted by Crippen LogP contribution is 2.28. The average Bonchev–Trinajstić information content (AvgIpc) is 2.89. The summed E-state index contributed by atoms with van der Waals surface area (Å²) in [5, 5.41) is 7.51. The molecule has 2 heterocycles. The lowest BCUT2D eigenvalue weighted by atomic mass is 9.85. The maximum atomic E-state index is 12.7. The molecular weight excluding hydrogens is 300 g/mol. The van der Waals surface area contributed by atoms with Crippen LogP contribution in [0.1, 0.15) is 41.0 Å². The molecule has 0 saturated heterocycles. The Morgan fingerprint density at radius 1 is 1.50 bits per heavy atom. The highest BCUT2D eigenvalue weighted by molar-refractivity contribution is 6.31. The van der Waals surface area contributed by atoms with Crippen molar-refractivity contribution < 1.29 is 4.79 Å². The minimum absolute atomic E-state index is 0.0517. The van der Waals surface area contributed by atoms with Gasteiger partial charge in [-0.25, -0.2) is 0 Å². The van der Waals surface area contributed by atoms with Crippen molar-refractivity contribution in [2.24, 2.45) is 5.92 Å². The summed E-state index contributed by atoms with van der Waals surface area (Å²) >= 11 is 6.19. The Labute approximate surface area is 134 Å². The zero-order valence-electron chi connectivity index (χ0n) is 12.6. The Hall–Kier alpha value is -1.88. The largest absolute Gasteiger partial charge is 0.333 e. The molecule has 22 heavy (non-hydrogen) atoms. The number of rotatable bonds is 5. The van der Waals surface area contributed by atoms with Crippen LogP contribution in [0.5, 0.6) is 0 Å². The molecule has 1 fully saturated rings. The third kappa shape index (κ3) is 3.30. The van der Waals surface area contributed by atoms with Crippen molar-refractivity contribution >= 4 is 17.5 Å². The van der Waals surface area contributed by atoms with Crippen molar-refractivity contribution in [3.8, 4) is 0 Å². The fourth-order valence-electron chi connectivity index (χ4n) is 2.63. The molecule has 0 aliphatic heterocycles. The third-order valence-electron chi connectivity index (χ3n) is 4.13. The number of amides is 1. The zero-order chi connectivity index (χ0) is 15.5. The van der Waals surface area contributed by atoms with Crippen molar-refractivity contribution in [2.45, 2.75) is 32.7 Å². The second kappa shape index (κ2) is 6.48. The van der Waals surface area contributed by atoms with Crippen LogP contribution < -0.4 is 0 Å². The van der Waals surface area contributed by atoms with Gasteiger partial charge in [0.05, 0.1) is 5.02 Å². The lowest BCUT2D eigenvalue weighted by molar-refractivity contribution is 0.0673. The van der Waals surface area contributed by atoms with Gasteiger partial charge in [-0.05, 0) is 43.4 Å². The Bertz CT molecular complexity index is 666. The zero-order valence-corrected chi connectivity index (χ0v) is 13.3. The molecule has 3 rings (SSSR count). The summed E-state index contributed by atoms with van der Waals surface area (Å²) in [4.78, 5) is 18.6. The molecule has 0 atom stereocenters. The van der Waals surface area contributed by atoms with E-state index in [9.17, 15) is 4.79 Å². The van der Waals surface area contributed by atoms with Gasteiger partial charge >= 0.3 is 0 Å². The molecule has 2 aromatic rings. The standard InChI is InChI=1S/C16H19ClN4O/c1-11-7-15(20-19-11)16(22)21(9-12-3-2-4-12)10-13-5-6-18-8-14(13)17/h5-8,12H,2-4,9-10H2,1H3,(H,19,20). The number of pyridine rings is 1. The normalized spacial score (nSPS) is 14.6. The molecule has 1 saturated carbocycles. The first-order valence-corrected chi connectivity index (χ1v) is 7.91. The molecular formula is C16H19ClN4O. The SMILES string of the molecule is Cc1cc(C(=O)N(Cc2ccncc2Cl)CC2CCC2)n[nH]1. The second-order valence-corrected chi connectivity index (χ2v) is 6.29. The van der Waals surface area contributed by atoms with Crippen molar-refractivity contribution in [1.82, 2.24) is 20.1 Å². The average molecular weight is 319 g/mol. The molecule has 5 nitrogen and oxygen atoms in total. The number of nitrogens with zero attached hydrogens (tertiary/aromatic N) is 3. The van der Waals surface area contributed by atoms with E-state index >= 15 is 0 Å². The molecule has 116 valence electrons. The Morgan fingerprint density at radius 2 is 2.32 bits per heavy atom. The number of H-pyrrole nitrogens is 1. The van der Waals surface area contributed by atoms with Gasteiger partial charge in [0.25, 0.3) is 5.91 Å². The molecule has 2 aromatic heterocycles. The van der Waals surface area contributed by atoms with Crippen LogP contribution in [-0.4, -0.2) is 32.5 Å².